The highest BCUT2D eigenvalue weighted by Gasteiger charge is 2.26. The van der Waals surface area contributed by atoms with Gasteiger partial charge in [-0.1, -0.05) is 25.1 Å². The molecule has 138 valence electrons. The molecule has 1 aliphatic heterocycles. The number of amides is 1. The molecule has 1 saturated heterocycles. The molecule has 4 nitrogen and oxygen atoms in total. The fraction of sp³-hybridized carbons (Fsp3) is 0.400. The second kappa shape index (κ2) is 9.44. The van der Waals surface area contributed by atoms with E-state index in [2.05, 4.69) is 35.1 Å². The molecule has 26 heavy (non-hydrogen) atoms. The van der Waals surface area contributed by atoms with Crippen molar-refractivity contribution in [2.75, 3.05) is 24.2 Å². The lowest BCUT2D eigenvalue weighted by Crippen LogP contribution is -2.47. The molecule has 1 amide bonds. The van der Waals surface area contributed by atoms with E-state index in [1.807, 2.05) is 48.2 Å². The maximum atomic E-state index is 12.4. The van der Waals surface area contributed by atoms with E-state index < -0.39 is 0 Å². The van der Waals surface area contributed by atoms with Crippen LogP contribution in [0.3, 0.4) is 0 Å². The predicted molar refractivity (Wildman–Crippen MR) is 112 cm³/mol. The first kappa shape index (κ1) is 19.3. The second-order valence-electron chi connectivity index (χ2n) is 6.49. The third kappa shape index (κ3) is 5.50. The lowest BCUT2D eigenvalue weighted by molar-refractivity contribution is -0.117. The number of carbonyl (C=O) groups excluding carboxylic acids is 1. The molecule has 1 aromatic carbocycles. The number of benzene rings is 1. The summed E-state index contributed by atoms with van der Waals surface area (Å²) in [5.74, 6) is 1.99. The van der Waals surface area contributed by atoms with Gasteiger partial charge >= 0.3 is 0 Å². The standard InChI is InChI=1S/C20H25N3OS2/c1-15-16(2)25-11-10-23(15)13-19(24)22-18-7-5-6-17(12-18)14-26-20-8-3-4-9-21-20/h3-9,12,15-16H,10-11,13-14H2,1-2H3,(H,22,24). The van der Waals surface area contributed by atoms with E-state index in [-0.39, 0.29) is 5.91 Å². The smallest absolute Gasteiger partial charge is 0.238 e. The van der Waals surface area contributed by atoms with Crippen molar-refractivity contribution in [1.82, 2.24) is 9.88 Å². The fourth-order valence-corrected chi connectivity index (χ4v) is 4.90. The lowest BCUT2D eigenvalue weighted by atomic mass is 10.2. The van der Waals surface area contributed by atoms with Gasteiger partial charge in [-0.2, -0.15) is 11.8 Å². The molecule has 2 heterocycles. The van der Waals surface area contributed by atoms with Crippen molar-refractivity contribution < 1.29 is 4.79 Å². The molecule has 0 bridgehead atoms. The highest BCUT2D eigenvalue weighted by atomic mass is 32.2. The molecule has 3 rings (SSSR count). The van der Waals surface area contributed by atoms with E-state index in [9.17, 15) is 4.79 Å². The second-order valence-corrected chi connectivity index (χ2v) is 8.97. The van der Waals surface area contributed by atoms with E-state index in [0.717, 1.165) is 28.8 Å². The summed E-state index contributed by atoms with van der Waals surface area (Å²) >= 11 is 3.68. The number of rotatable bonds is 6. The number of carbonyl (C=O) groups is 1. The molecular weight excluding hydrogens is 362 g/mol. The summed E-state index contributed by atoms with van der Waals surface area (Å²) in [6, 6.07) is 14.4. The molecule has 1 N–H and O–H groups in total. The molecule has 0 saturated carbocycles. The summed E-state index contributed by atoms with van der Waals surface area (Å²) in [4.78, 5) is 19.1. The van der Waals surface area contributed by atoms with Gasteiger partial charge in [-0.3, -0.25) is 9.69 Å². The quantitative estimate of drug-likeness (QED) is 0.755. The number of thioether (sulfide) groups is 2. The largest absolute Gasteiger partial charge is 0.325 e. The predicted octanol–water partition coefficient (Wildman–Crippen LogP) is 4.14. The van der Waals surface area contributed by atoms with E-state index in [0.29, 0.717) is 17.8 Å². The van der Waals surface area contributed by atoms with Crippen LogP contribution in [0.1, 0.15) is 19.4 Å². The van der Waals surface area contributed by atoms with Crippen molar-refractivity contribution in [3.8, 4) is 0 Å². The van der Waals surface area contributed by atoms with Gasteiger partial charge in [0, 0.05) is 41.2 Å². The molecule has 1 aliphatic rings. The van der Waals surface area contributed by atoms with Crippen LogP contribution in [-0.4, -0.2) is 45.9 Å². The van der Waals surface area contributed by atoms with E-state index in [1.54, 1.807) is 18.0 Å². The Morgan fingerprint density at radius 2 is 2.19 bits per heavy atom. The first-order chi connectivity index (χ1) is 12.6. The monoisotopic (exact) mass is 387 g/mol. The van der Waals surface area contributed by atoms with Gasteiger partial charge < -0.3 is 5.32 Å². The molecular formula is C20H25N3OS2. The number of nitrogens with one attached hydrogen (secondary N) is 1. The lowest BCUT2D eigenvalue weighted by Gasteiger charge is -2.36. The third-order valence-corrected chi connectivity index (χ3v) is 6.95. The highest BCUT2D eigenvalue weighted by Crippen LogP contribution is 2.24. The minimum Gasteiger partial charge on any atom is -0.325 e. The molecule has 2 atom stereocenters. The summed E-state index contributed by atoms with van der Waals surface area (Å²) < 4.78 is 0. The van der Waals surface area contributed by atoms with Gasteiger partial charge in [0.25, 0.3) is 0 Å². The van der Waals surface area contributed by atoms with Crippen LogP contribution >= 0.6 is 23.5 Å². The van der Waals surface area contributed by atoms with Crippen molar-refractivity contribution in [2.45, 2.75) is 35.9 Å². The molecule has 2 aromatic rings. The van der Waals surface area contributed by atoms with Crippen LogP contribution in [0.2, 0.25) is 0 Å². The number of aromatic nitrogens is 1. The zero-order chi connectivity index (χ0) is 18.4. The van der Waals surface area contributed by atoms with Crippen LogP contribution in [-0.2, 0) is 10.5 Å². The Hall–Kier alpha value is -1.50. The van der Waals surface area contributed by atoms with Crippen LogP contribution < -0.4 is 5.32 Å². The summed E-state index contributed by atoms with van der Waals surface area (Å²) in [6.07, 6.45) is 1.81. The van der Waals surface area contributed by atoms with E-state index in [1.165, 1.54) is 5.56 Å². The summed E-state index contributed by atoms with van der Waals surface area (Å²) in [5, 5.41) is 4.63. The summed E-state index contributed by atoms with van der Waals surface area (Å²) in [6.45, 7) is 5.88. The number of pyridine rings is 1. The van der Waals surface area contributed by atoms with Crippen molar-refractivity contribution in [3.05, 3.63) is 54.2 Å². The third-order valence-electron chi connectivity index (χ3n) is 4.60. The normalized spacial score (nSPS) is 20.7. The van der Waals surface area contributed by atoms with Gasteiger partial charge in [0.15, 0.2) is 0 Å². The van der Waals surface area contributed by atoms with Crippen LogP contribution in [0.25, 0.3) is 0 Å². The fourth-order valence-electron chi connectivity index (χ4n) is 2.93. The first-order valence-electron chi connectivity index (χ1n) is 8.90. The van der Waals surface area contributed by atoms with Crippen molar-refractivity contribution in [1.29, 1.82) is 0 Å². The van der Waals surface area contributed by atoms with Crippen LogP contribution in [0.5, 0.6) is 0 Å². The minimum atomic E-state index is 0.0606. The van der Waals surface area contributed by atoms with Crippen LogP contribution in [0, 0.1) is 0 Å². The molecule has 2 unspecified atom stereocenters. The van der Waals surface area contributed by atoms with Gasteiger partial charge in [-0.25, -0.2) is 4.98 Å². The van der Waals surface area contributed by atoms with Crippen LogP contribution in [0.4, 0.5) is 5.69 Å². The Balaban J connectivity index is 1.53. The Labute approximate surface area is 164 Å². The van der Waals surface area contributed by atoms with Gasteiger partial charge in [0.1, 0.15) is 0 Å². The highest BCUT2D eigenvalue weighted by molar-refractivity contribution is 8.00. The molecule has 1 aromatic heterocycles. The average Bonchev–Trinajstić information content (AvgIpc) is 2.65. The Bertz CT molecular complexity index is 726. The number of anilines is 1. The summed E-state index contributed by atoms with van der Waals surface area (Å²) in [7, 11) is 0. The van der Waals surface area contributed by atoms with Crippen LogP contribution in [0.15, 0.2) is 53.7 Å². The number of hydrogen-bond acceptors (Lipinski definition) is 5. The Morgan fingerprint density at radius 1 is 1.31 bits per heavy atom. The molecule has 6 heteroatoms. The van der Waals surface area contributed by atoms with Gasteiger partial charge in [-0.05, 0) is 36.8 Å². The topological polar surface area (TPSA) is 45.2 Å². The van der Waals surface area contributed by atoms with E-state index >= 15 is 0 Å². The Morgan fingerprint density at radius 3 is 3.00 bits per heavy atom. The maximum Gasteiger partial charge on any atom is 0.238 e. The Kier molecular flexibility index (Phi) is 7.00. The average molecular weight is 388 g/mol. The number of hydrogen-bond donors (Lipinski definition) is 1. The van der Waals surface area contributed by atoms with Gasteiger partial charge in [0.05, 0.1) is 11.6 Å². The van der Waals surface area contributed by atoms with E-state index in [4.69, 9.17) is 0 Å². The first-order valence-corrected chi connectivity index (χ1v) is 10.9. The van der Waals surface area contributed by atoms with Crippen molar-refractivity contribution in [2.24, 2.45) is 0 Å². The van der Waals surface area contributed by atoms with Crippen molar-refractivity contribution >= 4 is 35.1 Å². The molecule has 1 fully saturated rings. The molecule has 0 aliphatic carbocycles. The molecule has 0 spiro atoms. The van der Waals surface area contributed by atoms with Crippen molar-refractivity contribution in [3.63, 3.8) is 0 Å². The van der Waals surface area contributed by atoms with Gasteiger partial charge in [-0.15, -0.1) is 11.8 Å². The number of nitrogens with zero attached hydrogens (tertiary/aromatic N) is 2. The summed E-state index contributed by atoms with van der Waals surface area (Å²) in [5.41, 5.74) is 2.04. The minimum absolute atomic E-state index is 0.0606. The molecule has 0 radical (unpaired) electrons. The zero-order valence-corrected chi connectivity index (χ0v) is 16.9. The maximum absolute atomic E-state index is 12.4. The SMILES string of the molecule is CC1SCCN(CC(=O)Nc2cccc(CSc3ccccn3)c2)C1C. The van der Waals surface area contributed by atoms with Gasteiger partial charge in [0.2, 0.25) is 5.91 Å². The zero-order valence-electron chi connectivity index (χ0n) is 15.2.